The molecular weight excluding hydrogens is 376 g/mol. The fraction of sp³-hybridized carbons (Fsp3) is 0.0833. The molecule has 0 saturated heterocycles. The molecule has 0 bridgehead atoms. The summed E-state index contributed by atoms with van der Waals surface area (Å²) in [6.07, 6.45) is 1.68. The van der Waals surface area contributed by atoms with Crippen LogP contribution in [-0.4, -0.2) is 21.8 Å². The zero-order valence-corrected chi connectivity index (χ0v) is 16.4. The number of hydrogen-bond donors (Lipinski definition) is 2. The Kier molecular flexibility index (Phi) is 5.48. The number of nitrogens with one attached hydrogen (secondary N) is 2. The van der Waals surface area contributed by atoms with Crippen LogP contribution in [0, 0.1) is 6.92 Å². The van der Waals surface area contributed by atoms with Gasteiger partial charge in [-0.15, -0.1) is 0 Å². The Hall–Kier alpha value is -4.06. The van der Waals surface area contributed by atoms with E-state index in [1.54, 1.807) is 37.4 Å². The number of benzene rings is 2. The molecule has 6 nitrogen and oxygen atoms in total. The predicted molar refractivity (Wildman–Crippen MR) is 116 cm³/mol. The number of anilines is 1. The minimum Gasteiger partial charge on any atom is -0.348 e. The standard InChI is InChI=1S/C24H20N4O2/c1-16-21(14-18-9-6-12-25-22(18)27-16)24(30)26-15-17-7-5-8-19(13-17)23(29)28-20-10-3-2-4-11-20/h2-14H,15H2,1H3,(H,26,30)(H,28,29). The molecule has 2 aromatic heterocycles. The van der Waals surface area contributed by atoms with E-state index in [-0.39, 0.29) is 11.8 Å². The van der Waals surface area contributed by atoms with Gasteiger partial charge in [-0.25, -0.2) is 9.97 Å². The van der Waals surface area contributed by atoms with E-state index in [9.17, 15) is 9.59 Å². The van der Waals surface area contributed by atoms with E-state index in [1.165, 1.54) is 0 Å². The van der Waals surface area contributed by atoms with Gasteiger partial charge in [0.05, 0.1) is 11.3 Å². The number of rotatable bonds is 5. The van der Waals surface area contributed by atoms with Gasteiger partial charge in [0.2, 0.25) is 0 Å². The minimum atomic E-state index is -0.218. The Balaban J connectivity index is 1.45. The normalized spacial score (nSPS) is 10.6. The Morgan fingerprint density at radius 3 is 2.57 bits per heavy atom. The Morgan fingerprint density at radius 2 is 1.73 bits per heavy atom. The second-order valence-electron chi connectivity index (χ2n) is 6.87. The molecule has 30 heavy (non-hydrogen) atoms. The fourth-order valence-corrected chi connectivity index (χ4v) is 3.15. The first-order chi connectivity index (χ1) is 14.6. The third-order valence-corrected chi connectivity index (χ3v) is 4.70. The minimum absolute atomic E-state index is 0.198. The first-order valence-corrected chi connectivity index (χ1v) is 9.56. The summed E-state index contributed by atoms with van der Waals surface area (Å²) in [5.41, 5.74) is 3.83. The maximum absolute atomic E-state index is 12.7. The van der Waals surface area contributed by atoms with Crippen molar-refractivity contribution in [3.05, 3.63) is 101 Å². The summed E-state index contributed by atoms with van der Waals surface area (Å²) in [6.45, 7) is 2.09. The molecule has 4 aromatic rings. The van der Waals surface area contributed by atoms with Crippen LogP contribution in [0.1, 0.15) is 32.0 Å². The molecule has 0 spiro atoms. The second-order valence-corrected chi connectivity index (χ2v) is 6.87. The topological polar surface area (TPSA) is 84.0 Å². The molecule has 0 aliphatic rings. The number of carbonyl (C=O) groups is 2. The van der Waals surface area contributed by atoms with Gasteiger partial charge in [-0.1, -0.05) is 30.3 Å². The van der Waals surface area contributed by atoms with Crippen molar-refractivity contribution in [1.29, 1.82) is 0 Å². The van der Waals surface area contributed by atoms with Gasteiger partial charge in [0, 0.05) is 29.4 Å². The number of hydrogen-bond acceptors (Lipinski definition) is 4. The van der Waals surface area contributed by atoms with Gasteiger partial charge >= 0.3 is 0 Å². The molecule has 0 saturated carbocycles. The molecule has 6 heteroatoms. The van der Waals surface area contributed by atoms with E-state index in [1.807, 2.05) is 48.5 Å². The van der Waals surface area contributed by atoms with Crippen LogP contribution in [0.2, 0.25) is 0 Å². The molecular formula is C24H20N4O2. The molecule has 4 rings (SSSR count). The SMILES string of the molecule is Cc1nc2ncccc2cc1C(=O)NCc1cccc(C(=O)Nc2ccccc2)c1. The van der Waals surface area contributed by atoms with Crippen molar-refractivity contribution >= 4 is 28.5 Å². The third kappa shape index (κ3) is 4.33. The largest absolute Gasteiger partial charge is 0.348 e. The van der Waals surface area contributed by atoms with Crippen LogP contribution in [0.5, 0.6) is 0 Å². The van der Waals surface area contributed by atoms with Crippen molar-refractivity contribution in [2.75, 3.05) is 5.32 Å². The molecule has 2 heterocycles. The van der Waals surface area contributed by atoms with E-state index < -0.39 is 0 Å². The van der Waals surface area contributed by atoms with Gasteiger partial charge in [0.25, 0.3) is 11.8 Å². The quantitative estimate of drug-likeness (QED) is 0.531. The highest BCUT2D eigenvalue weighted by Crippen LogP contribution is 2.15. The summed E-state index contributed by atoms with van der Waals surface area (Å²) in [5, 5.41) is 6.58. The molecule has 0 unspecified atom stereocenters. The first kappa shape index (κ1) is 19.3. The maximum atomic E-state index is 12.7. The van der Waals surface area contributed by atoms with Crippen molar-refractivity contribution in [3.63, 3.8) is 0 Å². The number of pyridine rings is 2. The van der Waals surface area contributed by atoms with Crippen LogP contribution in [0.4, 0.5) is 5.69 Å². The number of para-hydroxylation sites is 1. The van der Waals surface area contributed by atoms with Gasteiger partial charge in [0.15, 0.2) is 5.65 Å². The summed E-state index contributed by atoms with van der Waals surface area (Å²) in [4.78, 5) is 33.8. The van der Waals surface area contributed by atoms with Gasteiger partial charge < -0.3 is 10.6 Å². The zero-order valence-electron chi connectivity index (χ0n) is 16.4. The molecule has 0 fully saturated rings. The predicted octanol–water partition coefficient (Wildman–Crippen LogP) is 4.12. The van der Waals surface area contributed by atoms with Crippen molar-refractivity contribution in [3.8, 4) is 0 Å². The summed E-state index contributed by atoms with van der Waals surface area (Å²) < 4.78 is 0. The highest BCUT2D eigenvalue weighted by atomic mass is 16.2. The average Bonchev–Trinajstić information content (AvgIpc) is 2.78. The fourth-order valence-electron chi connectivity index (χ4n) is 3.15. The van der Waals surface area contributed by atoms with Gasteiger partial charge in [-0.05, 0) is 55.0 Å². The highest BCUT2D eigenvalue weighted by Gasteiger charge is 2.12. The summed E-state index contributed by atoms with van der Waals surface area (Å²) >= 11 is 0. The number of aryl methyl sites for hydroxylation is 1. The lowest BCUT2D eigenvalue weighted by Gasteiger charge is -2.10. The van der Waals surface area contributed by atoms with E-state index in [0.717, 1.165) is 16.6 Å². The van der Waals surface area contributed by atoms with Crippen LogP contribution < -0.4 is 10.6 Å². The Labute approximate surface area is 174 Å². The lowest BCUT2D eigenvalue weighted by Crippen LogP contribution is -2.24. The van der Waals surface area contributed by atoms with Crippen molar-refractivity contribution < 1.29 is 9.59 Å². The van der Waals surface area contributed by atoms with Crippen LogP contribution >= 0.6 is 0 Å². The number of fused-ring (bicyclic) bond motifs is 1. The maximum Gasteiger partial charge on any atom is 0.255 e. The van der Waals surface area contributed by atoms with Crippen molar-refractivity contribution in [2.24, 2.45) is 0 Å². The molecule has 2 aromatic carbocycles. The smallest absolute Gasteiger partial charge is 0.255 e. The molecule has 0 atom stereocenters. The number of aromatic nitrogens is 2. The van der Waals surface area contributed by atoms with E-state index in [4.69, 9.17) is 0 Å². The lowest BCUT2D eigenvalue weighted by molar-refractivity contribution is 0.0949. The number of nitrogens with zero attached hydrogens (tertiary/aromatic N) is 2. The van der Waals surface area contributed by atoms with Gasteiger partial charge in [-0.3, -0.25) is 9.59 Å². The molecule has 148 valence electrons. The summed E-state index contributed by atoms with van der Waals surface area (Å²) in [7, 11) is 0. The monoisotopic (exact) mass is 396 g/mol. The number of carbonyl (C=O) groups excluding carboxylic acids is 2. The zero-order chi connectivity index (χ0) is 20.9. The molecule has 0 radical (unpaired) electrons. The summed E-state index contributed by atoms with van der Waals surface area (Å²) in [5.74, 6) is -0.415. The second kappa shape index (κ2) is 8.53. The molecule has 0 aliphatic carbocycles. The third-order valence-electron chi connectivity index (χ3n) is 4.70. The lowest BCUT2D eigenvalue weighted by atomic mass is 10.1. The van der Waals surface area contributed by atoms with Crippen LogP contribution in [-0.2, 0) is 6.54 Å². The molecule has 0 aliphatic heterocycles. The van der Waals surface area contributed by atoms with Crippen LogP contribution in [0.15, 0.2) is 79.0 Å². The molecule has 2 amide bonds. The van der Waals surface area contributed by atoms with Crippen molar-refractivity contribution in [2.45, 2.75) is 13.5 Å². The van der Waals surface area contributed by atoms with Crippen LogP contribution in [0.25, 0.3) is 11.0 Å². The van der Waals surface area contributed by atoms with E-state index in [0.29, 0.717) is 29.0 Å². The van der Waals surface area contributed by atoms with E-state index in [2.05, 4.69) is 20.6 Å². The Bertz CT molecular complexity index is 1220. The molecule has 2 N–H and O–H groups in total. The Morgan fingerprint density at radius 1 is 0.900 bits per heavy atom. The first-order valence-electron chi connectivity index (χ1n) is 9.56. The van der Waals surface area contributed by atoms with Crippen LogP contribution in [0.3, 0.4) is 0 Å². The van der Waals surface area contributed by atoms with Gasteiger partial charge in [-0.2, -0.15) is 0 Å². The average molecular weight is 396 g/mol. The van der Waals surface area contributed by atoms with Gasteiger partial charge in [0.1, 0.15) is 0 Å². The highest BCUT2D eigenvalue weighted by molar-refractivity contribution is 6.04. The number of amides is 2. The summed E-state index contributed by atoms with van der Waals surface area (Å²) in [6, 6.07) is 21.9. The van der Waals surface area contributed by atoms with Crippen molar-refractivity contribution in [1.82, 2.24) is 15.3 Å². The van der Waals surface area contributed by atoms with E-state index >= 15 is 0 Å².